The maximum Gasteiger partial charge on any atom is 0.316 e. The van der Waals surface area contributed by atoms with Gasteiger partial charge < -0.3 is 19.7 Å². The minimum Gasteiger partial charge on any atom is -0.476 e. The molecule has 0 amide bonds. The summed E-state index contributed by atoms with van der Waals surface area (Å²) >= 11 is 0. The van der Waals surface area contributed by atoms with Gasteiger partial charge in [-0.3, -0.25) is 4.79 Å². The summed E-state index contributed by atoms with van der Waals surface area (Å²) in [5, 5.41) is 3.82. The van der Waals surface area contributed by atoms with Gasteiger partial charge in [-0.15, -0.1) is 12.4 Å². The number of carbonyl (C=O) groups excluding carboxylic acids is 1. The number of ether oxygens (including phenoxy) is 2. The first-order valence-corrected chi connectivity index (χ1v) is 6.97. The Bertz CT molecular complexity index is 409. The highest BCUT2D eigenvalue weighted by atomic mass is 35.5. The molecule has 0 bridgehead atoms. The van der Waals surface area contributed by atoms with Gasteiger partial charge in [0.15, 0.2) is 5.76 Å². The lowest BCUT2D eigenvalue weighted by atomic mass is 9.93. The number of aromatic nitrogens is 1. The van der Waals surface area contributed by atoms with Crippen LogP contribution in [0.5, 0.6) is 5.88 Å². The third-order valence-electron chi connectivity index (χ3n) is 3.03. The maximum atomic E-state index is 11.7. The predicted octanol–water partition coefficient (Wildman–Crippen LogP) is 2.52. The Labute approximate surface area is 131 Å². The van der Waals surface area contributed by atoms with Gasteiger partial charge in [-0.05, 0) is 36.9 Å². The van der Waals surface area contributed by atoms with E-state index in [2.05, 4.69) is 5.16 Å². The number of methoxy groups -OCH3 is 1. The van der Waals surface area contributed by atoms with Crippen LogP contribution < -0.4 is 10.5 Å². The minimum atomic E-state index is -0.456. The first-order chi connectivity index (χ1) is 9.60. The normalized spacial score (nSPS) is 11.9. The van der Waals surface area contributed by atoms with Crippen LogP contribution in [-0.2, 0) is 9.53 Å². The average molecular weight is 321 g/mol. The monoisotopic (exact) mass is 320 g/mol. The molecule has 0 saturated heterocycles. The maximum absolute atomic E-state index is 11.7. The fraction of sp³-hybridized carbons (Fsp3) is 0.714. The van der Waals surface area contributed by atoms with E-state index in [9.17, 15) is 4.79 Å². The van der Waals surface area contributed by atoms with Crippen LogP contribution in [-0.4, -0.2) is 31.4 Å². The van der Waals surface area contributed by atoms with Crippen molar-refractivity contribution in [2.24, 2.45) is 11.7 Å². The molecule has 2 N–H and O–H groups in total. The van der Waals surface area contributed by atoms with Gasteiger partial charge in [0.25, 0.3) is 5.88 Å². The first kappa shape index (κ1) is 19.7. The van der Waals surface area contributed by atoms with Crippen LogP contribution in [0.3, 0.4) is 0 Å². The van der Waals surface area contributed by atoms with E-state index >= 15 is 0 Å². The second-order valence-electron chi connectivity index (χ2n) is 5.01. The van der Waals surface area contributed by atoms with Gasteiger partial charge in [0.05, 0.1) is 13.7 Å². The lowest BCUT2D eigenvalue weighted by molar-refractivity contribution is -0.144. The van der Waals surface area contributed by atoms with E-state index < -0.39 is 5.92 Å². The van der Waals surface area contributed by atoms with Gasteiger partial charge >= 0.3 is 5.97 Å². The van der Waals surface area contributed by atoms with Crippen LogP contribution in [0.1, 0.15) is 44.8 Å². The van der Waals surface area contributed by atoms with Crippen molar-refractivity contribution in [2.45, 2.75) is 39.0 Å². The molecule has 0 aliphatic heterocycles. The molecule has 1 aromatic rings. The van der Waals surface area contributed by atoms with Gasteiger partial charge in [0.2, 0.25) is 0 Å². The molecule has 0 aliphatic rings. The third-order valence-corrected chi connectivity index (χ3v) is 3.03. The van der Waals surface area contributed by atoms with Gasteiger partial charge in [-0.1, -0.05) is 13.8 Å². The van der Waals surface area contributed by atoms with E-state index in [0.717, 1.165) is 19.3 Å². The van der Waals surface area contributed by atoms with Crippen LogP contribution in [0.2, 0.25) is 0 Å². The number of hydrogen-bond acceptors (Lipinski definition) is 6. The number of nitrogens with zero attached hydrogens (tertiary/aromatic N) is 1. The van der Waals surface area contributed by atoms with Gasteiger partial charge in [0.1, 0.15) is 5.92 Å². The number of hydrogen-bond donors (Lipinski definition) is 1. The van der Waals surface area contributed by atoms with Crippen molar-refractivity contribution in [1.82, 2.24) is 5.16 Å². The summed E-state index contributed by atoms with van der Waals surface area (Å²) in [5.74, 6) is 0.159. The zero-order valence-corrected chi connectivity index (χ0v) is 13.6. The molecule has 0 aliphatic carbocycles. The summed E-state index contributed by atoms with van der Waals surface area (Å²) in [7, 11) is 1.36. The second kappa shape index (κ2) is 10.5. The number of rotatable bonds is 9. The van der Waals surface area contributed by atoms with E-state index in [0.29, 0.717) is 24.8 Å². The number of nitrogens with two attached hydrogens (primary N) is 1. The Hall–Kier alpha value is -1.27. The molecule has 0 saturated carbocycles. The fourth-order valence-electron chi connectivity index (χ4n) is 1.93. The number of halogens is 1. The molecule has 122 valence electrons. The fourth-order valence-corrected chi connectivity index (χ4v) is 1.93. The van der Waals surface area contributed by atoms with E-state index in [1.54, 1.807) is 6.07 Å². The van der Waals surface area contributed by atoms with Crippen molar-refractivity contribution in [3.8, 4) is 5.88 Å². The molecule has 0 radical (unpaired) electrons. The molecule has 1 aromatic heterocycles. The molecule has 0 spiro atoms. The first-order valence-electron chi connectivity index (χ1n) is 6.97. The van der Waals surface area contributed by atoms with Crippen LogP contribution in [0.25, 0.3) is 0 Å². The highest BCUT2D eigenvalue weighted by Crippen LogP contribution is 2.28. The summed E-state index contributed by atoms with van der Waals surface area (Å²) in [6, 6.07) is 1.66. The van der Waals surface area contributed by atoms with Crippen LogP contribution in [0.4, 0.5) is 0 Å². The summed E-state index contributed by atoms with van der Waals surface area (Å²) in [4.78, 5) is 11.7. The Kier molecular flexibility index (Phi) is 9.82. The molecule has 1 atom stereocenters. The quantitative estimate of drug-likeness (QED) is 0.555. The smallest absolute Gasteiger partial charge is 0.316 e. The lowest BCUT2D eigenvalue weighted by Crippen LogP contribution is -2.19. The zero-order chi connectivity index (χ0) is 15.0. The molecule has 0 aromatic carbocycles. The Morgan fingerprint density at radius 2 is 2.10 bits per heavy atom. The van der Waals surface area contributed by atoms with Gasteiger partial charge in [0, 0.05) is 6.07 Å². The second-order valence-corrected chi connectivity index (χ2v) is 5.01. The van der Waals surface area contributed by atoms with Gasteiger partial charge in [-0.2, -0.15) is 0 Å². The molecular weight excluding hydrogens is 296 g/mol. The Morgan fingerprint density at radius 3 is 2.67 bits per heavy atom. The molecule has 7 heteroatoms. The van der Waals surface area contributed by atoms with Crippen molar-refractivity contribution >= 4 is 18.4 Å². The molecule has 1 unspecified atom stereocenters. The molecule has 1 rings (SSSR count). The Balaban J connectivity index is 0.00000400. The zero-order valence-electron chi connectivity index (χ0n) is 12.8. The van der Waals surface area contributed by atoms with E-state index in [-0.39, 0.29) is 24.3 Å². The summed E-state index contributed by atoms with van der Waals surface area (Å²) in [5.41, 5.74) is 5.42. The van der Waals surface area contributed by atoms with Crippen LogP contribution in [0, 0.1) is 5.92 Å². The topological polar surface area (TPSA) is 87.6 Å². The number of unbranched alkanes of at least 4 members (excludes halogenated alkanes) is 2. The van der Waals surface area contributed by atoms with E-state index in [4.69, 9.17) is 19.7 Å². The highest BCUT2D eigenvalue weighted by Gasteiger charge is 2.29. The number of carbonyl (C=O) groups is 1. The van der Waals surface area contributed by atoms with Crippen molar-refractivity contribution in [2.75, 3.05) is 20.3 Å². The summed E-state index contributed by atoms with van der Waals surface area (Å²) in [6.07, 6.45) is 2.94. The molecule has 1 heterocycles. The third kappa shape index (κ3) is 6.35. The van der Waals surface area contributed by atoms with Crippen molar-refractivity contribution in [3.05, 3.63) is 11.8 Å². The lowest BCUT2D eigenvalue weighted by Gasteiger charge is -2.14. The summed E-state index contributed by atoms with van der Waals surface area (Å²) < 4.78 is 15.5. The largest absolute Gasteiger partial charge is 0.476 e. The van der Waals surface area contributed by atoms with E-state index in [1.807, 2.05) is 13.8 Å². The molecular formula is C14H25ClN2O4. The molecule has 6 nitrogen and oxygen atoms in total. The standard InChI is InChI=1S/C14H24N2O4.ClH/c1-10(2)13(14(17)18-3)11-9-12(16-20-11)19-8-6-4-5-7-15;/h9-10,13H,4-8,15H2,1-3H3;1H. The van der Waals surface area contributed by atoms with E-state index in [1.165, 1.54) is 7.11 Å². The van der Waals surface area contributed by atoms with Crippen molar-refractivity contribution in [1.29, 1.82) is 0 Å². The molecule has 21 heavy (non-hydrogen) atoms. The van der Waals surface area contributed by atoms with Crippen molar-refractivity contribution in [3.63, 3.8) is 0 Å². The predicted molar refractivity (Wildman–Crippen MR) is 81.7 cm³/mol. The summed E-state index contributed by atoms with van der Waals surface area (Å²) in [6.45, 7) is 5.12. The highest BCUT2D eigenvalue weighted by molar-refractivity contribution is 5.85. The number of esters is 1. The SMILES string of the molecule is COC(=O)C(c1cc(OCCCCCN)no1)C(C)C.Cl. The van der Waals surface area contributed by atoms with Gasteiger partial charge in [-0.25, -0.2) is 0 Å². The minimum absolute atomic E-state index is 0. The average Bonchev–Trinajstić information content (AvgIpc) is 2.86. The Morgan fingerprint density at radius 1 is 1.38 bits per heavy atom. The molecule has 0 fully saturated rings. The van der Waals surface area contributed by atoms with Crippen molar-refractivity contribution < 1.29 is 18.8 Å². The van der Waals surface area contributed by atoms with Crippen LogP contribution >= 0.6 is 12.4 Å². The van der Waals surface area contributed by atoms with Crippen LogP contribution in [0.15, 0.2) is 10.6 Å².